The number of hydrogen-bond donors (Lipinski definition) is 1. The van der Waals surface area contributed by atoms with Crippen LogP contribution in [-0.4, -0.2) is 19.7 Å². The first-order chi connectivity index (χ1) is 7.02. The van der Waals surface area contributed by atoms with E-state index in [4.69, 9.17) is 10.5 Å². The van der Waals surface area contributed by atoms with Crippen molar-refractivity contribution in [2.75, 3.05) is 24.2 Å². The molecule has 0 heterocycles. The molecule has 15 heavy (non-hydrogen) atoms. The van der Waals surface area contributed by atoms with Crippen LogP contribution in [0.2, 0.25) is 0 Å². The molecule has 0 aliphatic rings. The molecular weight excluding hydrogens is 188 g/mol. The van der Waals surface area contributed by atoms with Gasteiger partial charge in [0.05, 0.1) is 6.10 Å². The van der Waals surface area contributed by atoms with Gasteiger partial charge in [0, 0.05) is 37.1 Å². The molecule has 0 spiro atoms. The number of benzene rings is 1. The number of rotatable bonds is 4. The summed E-state index contributed by atoms with van der Waals surface area (Å²) in [6.07, 6.45) is 0.173. The van der Waals surface area contributed by atoms with E-state index < -0.39 is 0 Å². The van der Waals surface area contributed by atoms with Crippen LogP contribution < -0.4 is 15.4 Å². The Morgan fingerprint density at radius 3 is 2.53 bits per heavy atom. The van der Waals surface area contributed by atoms with Gasteiger partial charge in [-0.3, -0.25) is 0 Å². The molecule has 2 N–H and O–H groups in total. The minimum Gasteiger partial charge on any atom is -0.491 e. The second-order valence-corrected chi connectivity index (χ2v) is 3.94. The standard InChI is InChI=1S/C12H20N2O/c1-5-14(4)11-6-10(13)7-12(8-11)15-9(2)3/h6-9H,5,13H2,1-4H3. The van der Waals surface area contributed by atoms with Crippen LogP contribution in [0.3, 0.4) is 0 Å². The van der Waals surface area contributed by atoms with Crippen molar-refractivity contribution in [3.8, 4) is 5.75 Å². The predicted octanol–water partition coefficient (Wildman–Crippen LogP) is 2.51. The van der Waals surface area contributed by atoms with E-state index in [1.807, 2.05) is 39.1 Å². The fourth-order valence-electron chi connectivity index (χ4n) is 1.35. The normalized spacial score (nSPS) is 10.5. The molecule has 0 unspecified atom stereocenters. The summed E-state index contributed by atoms with van der Waals surface area (Å²) in [6, 6.07) is 5.82. The van der Waals surface area contributed by atoms with Gasteiger partial charge in [-0.2, -0.15) is 0 Å². The van der Waals surface area contributed by atoms with Gasteiger partial charge in [0.2, 0.25) is 0 Å². The molecule has 1 aromatic carbocycles. The number of nitrogens with two attached hydrogens (primary N) is 1. The number of anilines is 2. The molecule has 0 radical (unpaired) electrons. The molecule has 0 aliphatic heterocycles. The number of nitrogens with zero attached hydrogens (tertiary/aromatic N) is 1. The molecule has 0 bridgehead atoms. The zero-order valence-corrected chi connectivity index (χ0v) is 9.95. The lowest BCUT2D eigenvalue weighted by Crippen LogP contribution is -2.16. The van der Waals surface area contributed by atoms with Crippen molar-refractivity contribution in [3.05, 3.63) is 18.2 Å². The zero-order valence-electron chi connectivity index (χ0n) is 9.95. The van der Waals surface area contributed by atoms with Crippen LogP contribution in [0.1, 0.15) is 20.8 Å². The maximum absolute atomic E-state index is 5.82. The Hall–Kier alpha value is -1.38. The minimum absolute atomic E-state index is 0.173. The highest BCUT2D eigenvalue weighted by molar-refractivity contribution is 5.60. The summed E-state index contributed by atoms with van der Waals surface area (Å²) in [6.45, 7) is 7.07. The Balaban J connectivity index is 2.94. The summed E-state index contributed by atoms with van der Waals surface area (Å²) >= 11 is 0. The molecule has 0 atom stereocenters. The van der Waals surface area contributed by atoms with Gasteiger partial charge >= 0.3 is 0 Å². The minimum atomic E-state index is 0.173. The summed E-state index contributed by atoms with van der Waals surface area (Å²) in [5, 5.41) is 0. The lowest BCUT2D eigenvalue weighted by molar-refractivity contribution is 0.242. The Morgan fingerprint density at radius 1 is 1.33 bits per heavy atom. The molecule has 3 nitrogen and oxygen atoms in total. The second kappa shape index (κ2) is 4.91. The van der Waals surface area contributed by atoms with Gasteiger partial charge in [0.1, 0.15) is 5.75 Å². The number of nitrogen functional groups attached to an aromatic ring is 1. The third kappa shape index (κ3) is 3.35. The molecule has 0 aromatic heterocycles. The van der Waals surface area contributed by atoms with Crippen molar-refractivity contribution >= 4 is 11.4 Å². The summed E-state index contributed by atoms with van der Waals surface area (Å²) in [5.41, 5.74) is 7.65. The Morgan fingerprint density at radius 2 is 2.00 bits per heavy atom. The van der Waals surface area contributed by atoms with Gasteiger partial charge in [0.15, 0.2) is 0 Å². The molecule has 0 saturated heterocycles. The van der Waals surface area contributed by atoms with E-state index in [-0.39, 0.29) is 6.10 Å². The van der Waals surface area contributed by atoms with Crippen LogP contribution in [0.5, 0.6) is 5.75 Å². The predicted molar refractivity (Wildman–Crippen MR) is 65.6 cm³/mol. The molecule has 1 rings (SSSR count). The molecule has 3 heteroatoms. The van der Waals surface area contributed by atoms with Crippen LogP contribution in [0.15, 0.2) is 18.2 Å². The molecular formula is C12H20N2O. The highest BCUT2D eigenvalue weighted by Crippen LogP contribution is 2.25. The summed E-state index contributed by atoms with van der Waals surface area (Å²) < 4.78 is 5.62. The highest BCUT2D eigenvalue weighted by Gasteiger charge is 2.04. The monoisotopic (exact) mass is 208 g/mol. The van der Waals surface area contributed by atoms with Crippen molar-refractivity contribution in [1.29, 1.82) is 0 Å². The average molecular weight is 208 g/mol. The van der Waals surface area contributed by atoms with Gasteiger partial charge in [-0.05, 0) is 26.8 Å². The van der Waals surface area contributed by atoms with Crippen LogP contribution in [0.4, 0.5) is 11.4 Å². The number of hydrogen-bond acceptors (Lipinski definition) is 3. The molecule has 0 fully saturated rings. The number of ether oxygens (including phenoxy) is 1. The van der Waals surface area contributed by atoms with Crippen LogP contribution in [-0.2, 0) is 0 Å². The SMILES string of the molecule is CCN(C)c1cc(N)cc(OC(C)C)c1. The molecule has 0 saturated carbocycles. The fourth-order valence-corrected chi connectivity index (χ4v) is 1.35. The fraction of sp³-hybridized carbons (Fsp3) is 0.500. The first-order valence-corrected chi connectivity index (χ1v) is 5.31. The van der Waals surface area contributed by atoms with Crippen molar-refractivity contribution in [3.63, 3.8) is 0 Å². The van der Waals surface area contributed by atoms with E-state index in [0.717, 1.165) is 23.7 Å². The van der Waals surface area contributed by atoms with E-state index in [1.54, 1.807) is 0 Å². The Kier molecular flexibility index (Phi) is 3.83. The smallest absolute Gasteiger partial charge is 0.123 e. The van der Waals surface area contributed by atoms with Gasteiger partial charge < -0.3 is 15.4 Å². The van der Waals surface area contributed by atoms with E-state index >= 15 is 0 Å². The van der Waals surface area contributed by atoms with Gasteiger partial charge in [-0.1, -0.05) is 0 Å². The largest absolute Gasteiger partial charge is 0.491 e. The van der Waals surface area contributed by atoms with Crippen molar-refractivity contribution in [2.24, 2.45) is 0 Å². The summed E-state index contributed by atoms with van der Waals surface area (Å²) in [7, 11) is 2.04. The van der Waals surface area contributed by atoms with Crippen LogP contribution in [0, 0.1) is 0 Å². The first kappa shape index (κ1) is 11.7. The summed E-state index contributed by atoms with van der Waals surface area (Å²) in [5.74, 6) is 0.834. The zero-order chi connectivity index (χ0) is 11.4. The van der Waals surface area contributed by atoms with E-state index in [1.165, 1.54) is 0 Å². The van der Waals surface area contributed by atoms with E-state index in [0.29, 0.717) is 0 Å². The van der Waals surface area contributed by atoms with Crippen LogP contribution in [0.25, 0.3) is 0 Å². The second-order valence-electron chi connectivity index (χ2n) is 3.94. The molecule has 0 aliphatic carbocycles. The first-order valence-electron chi connectivity index (χ1n) is 5.31. The molecule has 1 aromatic rings. The topological polar surface area (TPSA) is 38.5 Å². The van der Waals surface area contributed by atoms with Crippen molar-refractivity contribution in [1.82, 2.24) is 0 Å². The highest BCUT2D eigenvalue weighted by atomic mass is 16.5. The molecule has 0 amide bonds. The maximum atomic E-state index is 5.82. The Labute approximate surface area is 91.8 Å². The average Bonchev–Trinajstić information content (AvgIpc) is 2.14. The third-order valence-corrected chi connectivity index (χ3v) is 2.20. The molecule has 84 valence electrons. The van der Waals surface area contributed by atoms with Crippen LogP contribution >= 0.6 is 0 Å². The maximum Gasteiger partial charge on any atom is 0.123 e. The lowest BCUT2D eigenvalue weighted by atomic mass is 10.2. The van der Waals surface area contributed by atoms with Crippen molar-refractivity contribution < 1.29 is 4.74 Å². The van der Waals surface area contributed by atoms with Gasteiger partial charge in [0.25, 0.3) is 0 Å². The Bertz CT molecular complexity index is 323. The van der Waals surface area contributed by atoms with E-state index in [2.05, 4.69) is 11.8 Å². The van der Waals surface area contributed by atoms with E-state index in [9.17, 15) is 0 Å². The quantitative estimate of drug-likeness (QED) is 0.773. The van der Waals surface area contributed by atoms with Gasteiger partial charge in [-0.25, -0.2) is 0 Å². The van der Waals surface area contributed by atoms with Crippen molar-refractivity contribution in [2.45, 2.75) is 26.9 Å². The third-order valence-electron chi connectivity index (χ3n) is 2.20. The van der Waals surface area contributed by atoms with Gasteiger partial charge in [-0.15, -0.1) is 0 Å². The summed E-state index contributed by atoms with van der Waals surface area (Å²) in [4.78, 5) is 2.13. The lowest BCUT2D eigenvalue weighted by Gasteiger charge is -2.19.